The van der Waals surface area contributed by atoms with Crippen LogP contribution in [0.3, 0.4) is 0 Å². The average molecular weight is 484 g/mol. The summed E-state index contributed by atoms with van der Waals surface area (Å²) in [7, 11) is 3.98. The van der Waals surface area contributed by atoms with Gasteiger partial charge in [0.15, 0.2) is 5.65 Å². The lowest BCUT2D eigenvalue weighted by molar-refractivity contribution is -0.124. The highest BCUT2D eigenvalue weighted by atomic mass is 16.5. The van der Waals surface area contributed by atoms with Gasteiger partial charge in [-0.05, 0) is 56.9 Å². The number of carbonyl (C=O) groups is 1. The summed E-state index contributed by atoms with van der Waals surface area (Å²) in [6.45, 7) is 2.52. The molecule has 3 heterocycles. The zero-order valence-corrected chi connectivity index (χ0v) is 20.5. The summed E-state index contributed by atoms with van der Waals surface area (Å²) in [4.78, 5) is 25.4. The molecule has 0 unspecified atom stereocenters. The van der Waals surface area contributed by atoms with Crippen LogP contribution in [-0.4, -0.2) is 69.2 Å². The number of hydrogen-bond acceptors (Lipinski definition) is 7. The molecule has 36 heavy (non-hydrogen) atoms. The highest BCUT2D eigenvalue weighted by Crippen LogP contribution is 2.32. The van der Waals surface area contributed by atoms with Crippen LogP contribution in [0, 0.1) is 0 Å². The van der Waals surface area contributed by atoms with E-state index in [0.29, 0.717) is 42.2 Å². The van der Waals surface area contributed by atoms with Crippen molar-refractivity contribution in [3.8, 4) is 22.8 Å². The predicted molar refractivity (Wildman–Crippen MR) is 140 cm³/mol. The van der Waals surface area contributed by atoms with Crippen molar-refractivity contribution in [1.29, 1.82) is 0 Å². The number of nitrogens with zero attached hydrogens (tertiary/aromatic N) is 6. The Bertz CT molecular complexity index is 1400. The van der Waals surface area contributed by atoms with E-state index in [1.807, 2.05) is 89.3 Å². The quantitative estimate of drug-likeness (QED) is 0.382. The molecule has 4 aromatic rings. The van der Waals surface area contributed by atoms with Crippen molar-refractivity contribution < 1.29 is 9.53 Å². The van der Waals surface area contributed by atoms with Gasteiger partial charge in [0, 0.05) is 30.8 Å². The molecule has 0 atom stereocenters. The van der Waals surface area contributed by atoms with E-state index < -0.39 is 0 Å². The zero-order chi connectivity index (χ0) is 25.1. The maximum absolute atomic E-state index is 12.8. The molecular formula is C27H29N7O2. The summed E-state index contributed by atoms with van der Waals surface area (Å²) < 4.78 is 7.72. The molecule has 1 aliphatic rings. The van der Waals surface area contributed by atoms with Crippen LogP contribution in [0.25, 0.3) is 22.3 Å². The Morgan fingerprint density at radius 2 is 1.78 bits per heavy atom. The van der Waals surface area contributed by atoms with Gasteiger partial charge in [-0.2, -0.15) is 5.10 Å². The van der Waals surface area contributed by atoms with Crippen molar-refractivity contribution in [3.05, 3.63) is 72.6 Å². The van der Waals surface area contributed by atoms with Gasteiger partial charge in [-0.25, -0.2) is 14.6 Å². The van der Waals surface area contributed by atoms with E-state index in [-0.39, 0.29) is 5.91 Å². The molecule has 0 saturated carbocycles. The van der Waals surface area contributed by atoms with Crippen LogP contribution in [0.15, 0.2) is 72.6 Å². The Balaban J connectivity index is 1.36. The fraction of sp³-hybridized carbons (Fsp3) is 0.259. The first kappa shape index (κ1) is 23.5. The van der Waals surface area contributed by atoms with Crippen LogP contribution in [0.5, 0.6) is 11.5 Å². The number of carbonyl (C=O) groups excluding carboxylic acids is 1. The van der Waals surface area contributed by atoms with Crippen molar-refractivity contribution in [3.63, 3.8) is 0 Å². The molecule has 2 N–H and O–H groups in total. The minimum absolute atomic E-state index is 0.0941. The number of benzene rings is 2. The lowest BCUT2D eigenvalue weighted by Gasteiger charge is -2.15. The Hall–Kier alpha value is -4.24. The smallest absolute Gasteiger partial charge is 0.249 e. The maximum atomic E-state index is 12.8. The highest BCUT2D eigenvalue weighted by Gasteiger charge is 2.26. The Morgan fingerprint density at radius 1 is 1.03 bits per heavy atom. The number of likely N-dealkylation sites (tertiary alicyclic amines) is 1. The second kappa shape index (κ2) is 10.2. The van der Waals surface area contributed by atoms with Gasteiger partial charge < -0.3 is 20.3 Å². The van der Waals surface area contributed by atoms with Crippen molar-refractivity contribution >= 4 is 22.8 Å². The number of aromatic nitrogens is 4. The molecule has 1 fully saturated rings. The molecule has 0 aliphatic carbocycles. The van der Waals surface area contributed by atoms with Crippen LogP contribution in [0.2, 0.25) is 0 Å². The number of rotatable bonds is 8. The van der Waals surface area contributed by atoms with Crippen LogP contribution in [-0.2, 0) is 11.3 Å². The third-order valence-electron chi connectivity index (χ3n) is 6.16. The normalized spacial score (nSPS) is 14.9. The minimum Gasteiger partial charge on any atom is -0.457 e. The average Bonchev–Trinajstić information content (AvgIpc) is 3.43. The fourth-order valence-corrected chi connectivity index (χ4v) is 4.27. The number of fused-ring (bicyclic) bond motifs is 1. The SMILES string of the molecule is CN(C)C/C=C1/CCN(CCn2nc(-c3ccc(Oc4ccccc4)cc3)c3c(N)ncnc32)C1=O. The van der Waals surface area contributed by atoms with E-state index in [1.165, 1.54) is 6.33 Å². The molecular weight excluding hydrogens is 454 g/mol. The first-order valence-electron chi connectivity index (χ1n) is 11.9. The second-order valence-electron chi connectivity index (χ2n) is 9.00. The minimum atomic E-state index is 0.0941. The maximum Gasteiger partial charge on any atom is 0.249 e. The summed E-state index contributed by atoms with van der Waals surface area (Å²) in [6.07, 6.45) is 4.23. The van der Waals surface area contributed by atoms with Crippen LogP contribution in [0.4, 0.5) is 5.82 Å². The molecule has 2 aromatic carbocycles. The van der Waals surface area contributed by atoms with Crippen LogP contribution in [0.1, 0.15) is 6.42 Å². The van der Waals surface area contributed by atoms with Gasteiger partial charge in [-0.3, -0.25) is 4.79 Å². The van der Waals surface area contributed by atoms with Crippen LogP contribution >= 0.6 is 0 Å². The van der Waals surface area contributed by atoms with Crippen LogP contribution < -0.4 is 10.5 Å². The number of nitrogens with two attached hydrogens (primary N) is 1. The molecule has 1 aliphatic heterocycles. The number of amides is 1. The van der Waals surface area contributed by atoms with Gasteiger partial charge in [0.25, 0.3) is 0 Å². The van der Waals surface area contributed by atoms with Crippen molar-refractivity contribution in [2.45, 2.75) is 13.0 Å². The lowest BCUT2D eigenvalue weighted by Crippen LogP contribution is -2.29. The topological polar surface area (TPSA) is 102 Å². The monoisotopic (exact) mass is 483 g/mol. The number of ether oxygens (including phenoxy) is 1. The van der Waals surface area contributed by atoms with E-state index in [9.17, 15) is 4.79 Å². The van der Waals surface area contributed by atoms with Gasteiger partial charge >= 0.3 is 0 Å². The summed E-state index contributed by atoms with van der Waals surface area (Å²) in [5.74, 6) is 1.96. The van der Waals surface area contributed by atoms with Gasteiger partial charge in [0.05, 0.1) is 11.9 Å². The first-order valence-corrected chi connectivity index (χ1v) is 11.9. The lowest BCUT2D eigenvalue weighted by atomic mass is 10.1. The number of hydrogen-bond donors (Lipinski definition) is 1. The molecule has 0 bridgehead atoms. The van der Waals surface area contributed by atoms with Crippen molar-refractivity contribution in [1.82, 2.24) is 29.5 Å². The summed E-state index contributed by atoms with van der Waals surface area (Å²) in [5.41, 5.74) is 9.36. The number of nitrogen functional groups attached to an aromatic ring is 1. The second-order valence-corrected chi connectivity index (χ2v) is 9.00. The third kappa shape index (κ3) is 4.92. The molecule has 9 nitrogen and oxygen atoms in total. The molecule has 0 radical (unpaired) electrons. The molecule has 9 heteroatoms. The molecule has 1 saturated heterocycles. The first-order chi connectivity index (χ1) is 17.5. The van der Waals surface area contributed by atoms with E-state index in [4.69, 9.17) is 15.6 Å². The summed E-state index contributed by atoms with van der Waals surface area (Å²) in [5, 5.41) is 5.54. The Morgan fingerprint density at radius 3 is 2.53 bits per heavy atom. The predicted octanol–water partition coefficient (Wildman–Crippen LogP) is 3.59. The molecule has 0 spiro atoms. The number of likely N-dealkylation sites (N-methyl/N-ethyl adjacent to an activating group) is 1. The van der Waals surface area contributed by atoms with Gasteiger partial charge in [-0.1, -0.05) is 24.3 Å². The van der Waals surface area contributed by atoms with Crippen molar-refractivity contribution in [2.24, 2.45) is 0 Å². The number of anilines is 1. The number of para-hydroxylation sites is 1. The highest BCUT2D eigenvalue weighted by molar-refractivity contribution is 5.98. The Labute approximate surface area is 209 Å². The summed E-state index contributed by atoms with van der Waals surface area (Å²) in [6, 6.07) is 17.3. The fourth-order valence-electron chi connectivity index (χ4n) is 4.27. The Kier molecular flexibility index (Phi) is 6.64. The molecule has 2 aromatic heterocycles. The van der Waals surface area contributed by atoms with E-state index in [0.717, 1.165) is 35.6 Å². The van der Waals surface area contributed by atoms with Gasteiger partial charge in [0.1, 0.15) is 29.3 Å². The summed E-state index contributed by atoms with van der Waals surface area (Å²) >= 11 is 0. The standard InChI is InChI=1S/C27H29N7O2/c1-32(2)14-12-20-13-15-33(27(20)35)16-17-34-26-23(25(28)29-18-30-26)24(31-34)19-8-10-22(11-9-19)36-21-6-4-3-5-7-21/h3-12,18H,13-17H2,1-2H3,(H2,28,29,30)/b20-12-. The molecule has 1 amide bonds. The van der Waals surface area contributed by atoms with E-state index in [1.54, 1.807) is 0 Å². The third-order valence-corrected chi connectivity index (χ3v) is 6.16. The van der Waals surface area contributed by atoms with E-state index in [2.05, 4.69) is 9.97 Å². The molecule has 5 rings (SSSR count). The molecule has 184 valence electrons. The van der Waals surface area contributed by atoms with Crippen molar-refractivity contribution in [2.75, 3.05) is 39.5 Å². The van der Waals surface area contributed by atoms with E-state index >= 15 is 0 Å². The van der Waals surface area contributed by atoms with Gasteiger partial charge in [0.2, 0.25) is 5.91 Å². The zero-order valence-electron chi connectivity index (χ0n) is 20.5. The largest absolute Gasteiger partial charge is 0.457 e. The van der Waals surface area contributed by atoms with Gasteiger partial charge in [-0.15, -0.1) is 0 Å².